The lowest BCUT2D eigenvalue weighted by molar-refractivity contribution is -0.124. The van der Waals surface area contributed by atoms with Gasteiger partial charge in [0.25, 0.3) is 11.8 Å². The molecule has 0 aliphatic carbocycles. The molecule has 0 spiro atoms. The zero-order chi connectivity index (χ0) is 20.1. The second kappa shape index (κ2) is 8.52. The second-order valence-corrected chi connectivity index (χ2v) is 6.79. The van der Waals surface area contributed by atoms with E-state index in [1.807, 2.05) is 20.2 Å². The fourth-order valence-corrected chi connectivity index (χ4v) is 3.11. The van der Waals surface area contributed by atoms with Gasteiger partial charge in [-0.3, -0.25) is 14.5 Å². The second-order valence-electron chi connectivity index (χ2n) is 6.79. The molecule has 0 bridgehead atoms. The van der Waals surface area contributed by atoms with Crippen LogP contribution < -0.4 is 0 Å². The Balaban J connectivity index is 1.80. The smallest absolute Gasteiger partial charge is 0.338 e. The van der Waals surface area contributed by atoms with Gasteiger partial charge in [-0.05, 0) is 24.3 Å². The van der Waals surface area contributed by atoms with E-state index < -0.39 is 17.9 Å². The molecule has 0 aromatic heterocycles. The molecule has 0 saturated carbocycles. The lowest BCUT2D eigenvalue weighted by atomic mass is 10.1. The number of carbonyl (C=O) groups excluding carboxylic acids is 3. The number of imide groups is 1. The third-order valence-corrected chi connectivity index (χ3v) is 4.38. The minimum absolute atomic E-state index is 0.0528. The van der Waals surface area contributed by atoms with E-state index >= 15 is 0 Å². The van der Waals surface area contributed by atoms with E-state index in [-0.39, 0.29) is 12.5 Å². The highest BCUT2D eigenvalue weighted by Gasteiger charge is 2.40. The van der Waals surface area contributed by atoms with Crippen molar-refractivity contribution >= 4 is 17.8 Å². The van der Waals surface area contributed by atoms with Gasteiger partial charge in [0.1, 0.15) is 6.61 Å². The van der Waals surface area contributed by atoms with Crippen molar-refractivity contribution in [3.8, 4) is 0 Å². The molecule has 1 heterocycles. The van der Waals surface area contributed by atoms with E-state index in [9.17, 15) is 14.4 Å². The Morgan fingerprint density at radius 1 is 1.04 bits per heavy atom. The molecule has 2 aromatic carbocycles. The van der Waals surface area contributed by atoms with Crippen LogP contribution in [-0.2, 0) is 9.53 Å². The summed E-state index contributed by atoms with van der Waals surface area (Å²) in [5.41, 5.74) is 1.35. The predicted octanol–water partition coefficient (Wildman–Crippen LogP) is 2.73. The van der Waals surface area contributed by atoms with Crippen LogP contribution in [0.15, 0.2) is 72.4 Å². The summed E-state index contributed by atoms with van der Waals surface area (Å²) in [6.07, 6.45) is 2.03. The van der Waals surface area contributed by atoms with Crippen LogP contribution in [0.1, 0.15) is 27.1 Å². The number of amides is 2. The van der Waals surface area contributed by atoms with Gasteiger partial charge in [-0.2, -0.15) is 0 Å². The van der Waals surface area contributed by atoms with Gasteiger partial charge in [0, 0.05) is 37.9 Å². The first-order valence-corrected chi connectivity index (χ1v) is 8.99. The Kier molecular flexibility index (Phi) is 5.89. The highest BCUT2D eigenvalue weighted by molar-refractivity contribution is 6.12. The van der Waals surface area contributed by atoms with Gasteiger partial charge in [-0.25, -0.2) is 4.79 Å². The van der Waals surface area contributed by atoms with E-state index in [1.165, 1.54) is 4.90 Å². The molecule has 2 aromatic rings. The van der Waals surface area contributed by atoms with Crippen molar-refractivity contribution in [2.75, 3.05) is 20.7 Å². The molecule has 1 aliphatic heterocycles. The lowest BCUT2D eigenvalue weighted by Crippen LogP contribution is -2.41. The maximum absolute atomic E-state index is 12.9. The van der Waals surface area contributed by atoms with Crippen LogP contribution in [0.4, 0.5) is 0 Å². The van der Waals surface area contributed by atoms with Crippen LogP contribution in [0, 0.1) is 0 Å². The van der Waals surface area contributed by atoms with Gasteiger partial charge in [0.05, 0.1) is 11.6 Å². The van der Waals surface area contributed by atoms with Crippen LogP contribution in [0.25, 0.3) is 0 Å². The zero-order valence-corrected chi connectivity index (χ0v) is 15.9. The van der Waals surface area contributed by atoms with Gasteiger partial charge >= 0.3 is 5.97 Å². The Hall–Kier alpha value is -3.41. The van der Waals surface area contributed by atoms with E-state index in [1.54, 1.807) is 65.7 Å². The normalized spacial score (nSPS) is 17.6. The van der Waals surface area contributed by atoms with E-state index in [2.05, 4.69) is 0 Å². The lowest BCUT2D eigenvalue weighted by Gasteiger charge is -2.22. The molecular formula is C22H22N2O4. The van der Waals surface area contributed by atoms with E-state index in [4.69, 9.17) is 4.74 Å². The molecule has 6 heteroatoms. The Morgan fingerprint density at radius 3 is 2.18 bits per heavy atom. The van der Waals surface area contributed by atoms with E-state index in [0.717, 1.165) is 0 Å². The van der Waals surface area contributed by atoms with Crippen molar-refractivity contribution in [2.45, 2.75) is 12.5 Å². The average molecular weight is 378 g/mol. The van der Waals surface area contributed by atoms with Crippen LogP contribution in [0.3, 0.4) is 0 Å². The molecular weight excluding hydrogens is 356 g/mol. The summed E-state index contributed by atoms with van der Waals surface area (Å²) in [6.45, 7) is -0.0528. The molecule has 0 radical (unpaired) electrons. The molecule has 3 rings (SSSR count). The van der Waals surface area contributed by atoms with E-state index in [0.29, 0.717) is 23.1 Å². The fourth-order valence-electron chi connectivity index (χ4n) is 3.11. The van der Waals surface area contributed by atoms with Gasteiger partial charge in [0.2, 0.25) is 0 Å². The van der Waals surface area contributed by atoms with Crippen molar-refractivity contribution in [3.05, 3.63) is 83.6 Å². The summed E-state index contributed by atoms with van der Waals surface area (Å²) in [4.78, 5) is 41.0. The summed E-state index contributed by atoms with van der Waals surface area (Å²) < 4.78 is 5.40. The van der Waals surface area contributed by atoms with Gasteiger partial charge in [0.15, 0.2) is 0 Å². The molecule has 144 valence electrons. The first-order valence-electron chi connectivity index (χ1n) is 8.99. The average Bonchev–Trinajstić information content (AvgIpc) is 3.01. The maximum Gasteiger partial charge on any atom is 0.338 e. The first-order chi connectivity index (χ1) is 13.5. The quantitative estimate of drug-likeness (QED) is 0.455. The zero-order valence-electron chi connectivity index (χ0n) is 15.9. The van der Waals surface area contributed by atoms with Crippen LogP contribution in [0.5, 0.6) is 0 Å². The predicted molar refractivity (Wildman–Crippen MR) is 105 cm³/mol. The summed E-state index contributed by atoms with van der Waals surface area (Å²) >= 11 is 0. The number of nitrogens with zero attached hydrogens (tertiary/aromatic N) is 2. The molecule has 1 saturated heterocycles. The SMILES string of the molecule is CN(C)/C=C1\C[C@@H](COC(=O)c2ccccc2)N(C(=O)c2ccccc2)C1=O. The monoisotopic (exact) mass is 378 g/mol. The number of benzene rings is 2. The summed E-state index contributed by atoms with van der Waals surface area (Å²) in [7, 11) is 3.62. The number of hydrogen-bond acceptors (Lipinski definition) is 5. The minimum Gasteiger partial charge on any atom is -0.460 e. The topological polar surface area (TPSA) is 66.9 Å². The Morgan fingerprint density at radius 2 is 1.61 bits per heavy atom. The molecule has 1 aliphatic rings. The number of ether oxygens (including phenoxy) is 1. The summed E-state index contributed by atoms with van der Waals surface area (Å²) in [6, 6.07) is 16.7. The van der Waals surface area contributed by atoms with Crippen molar-refractivity contribution < 1.29 is 19.1 Å². The Bertz CT molecular complexity index is 891. The highest BCUT2D eigenvalue weighted by atomic mass is 16.5. The van der Waals surface area contributed by atoms with Crippen molar-refractivity contribution in [1.29, 1.82) is 0 Å². The summed E-state index contributed by atoms with van der Waals surface area (Å²) in [5, 5.41) is 0. The third kappa shape index (κ3) is 4.28. The molecule has 28 heavy (non-hydrogen) atoms. The van der Waals surface area contributed by atoms with Gasteiger partial charge in [-0.15, -0.1) is 0 Å². The van der Waals surface area contributed by atoms with Crippen molar-refractivity contribution in [1.82, 2.24) is 9.80 Å². The Labute approximate surface area is 164 Å². The van der Waals surface area contributed by atoms with Crippen LogP contribution in [0.2, 0.25) is 0 Å². The van der Waals surface area contributed by atoms with Crippen molar-refractivity contribution in [3.63, 3.8) is 0 Å². The summed E-state index contributed by atoms with van der Waals surface area (Å²) in [5.74, 6) is -1.23. The molecule has 6 nitrogen and oxygen atoms in total. The number of hydrogen-bond donors (Lipinski definition) is 0. The highest BCUT2D eigenvalue weighted by Crippen LogP contribution is 2.27. The molecule has 0 unspecified atom stereocenters. The third-order valence-electron chi connectivity index (χ3n) is 4.38. The molecule has 1 fully saturated rings. The number of carbonyl (C=O) groups is 3. The van der Waals surface area contributed by atoms with Gasteiger partial charge in [-0.1, -0.05) is 36.4 Å². The van der Waals surface area contributed by atoms with Crippen LogP contribution >= 0.6 is 0 Å². The number of likely N-dealkylation sites (tertiary alicyclic amines) is 1. The molecule has 2 amide bonds. The number of esters is 1. The molecule has 0 N–H and O–H groups in total. The molecule has 1 atom stereocenters. The maximum atomic E-state index is 12.9. The minimum atomic E-state index is -0.543. The fraction of sp³-hybridized carbons (Fsp3) is 0.227. The number of rotatable bonds is 5. The first kappa shape index (κ1) is 19.4. The standard InChI is InChI=1S/C22H22N2O4/c1-23(2)14-18-13-19(15-28-22(27)17-11-7-4-8-12-17)24(21(18)26)20(25)16-9-5-3-6-10-16/h3-12,14,19H,13,15H2,1-2H3/b18-14+/t19-/m0/s1. The largest absolute Gasteiger partial charge is 0.460 e. The van der Waals surface area contributed by atoms with Crippen molar-refractivity contribution in [2.24, 2.45) is 0 Å². The van der Waals surface area contributed by atoms with Gasteiger partial charge < -0.3 is 9.64 Å². The van der Waals surface area contributed by atoms with Crippen LogP contribution in [-0.4, -0.2) is 54.3 Å².